The second kappa shape index (κ2) is 9.43. The van der Waals surface area contributed by atoms with Crippen LogP contribution in [0.15, 0.2) is 60.7 Å². The molecule has 3 aromatic carbocycles. The SMILES string of the molecule is CNC(=O)OCCc1ccc(Nc2c3cc(OC)ccc3nc3ccc(OC)cc23)cc1. The first-order chi connectivity index (χ1) is 15.6. The molecule has 0 saturated heterocycles. The Labute approximate surface area is 186 Å². The number of carbonyl (C=O) groups is 1. The van der Waals surface area contributed by atoms with Crippen LogP contribution in [0.4, 0.5) is 16.2 Å². The van der Waals surface area contributed by atoms with E-state index in [0.29, 0.717) is 13.0 Å². The number of nitrogens with one attached hydrogen (secondary N) is 2. The number of fused-ring (bicyclic) bond motifs is 2. The lowest BCUT2D eigenvalue weighted by Gasteiger charge is -2.15. The molecule has 2 N–H and O–H groups in total. The summed E-state index contributed by atoms with van der Waals surface area (Å²) in [6.45, 7) is 0.325. The molecule has 0 atom stereocenters. The Morgan fingerprint density at radius 1 is 0.875 bits per heavy atom. The van der Waals surface area contributed by atoms with E-state index in [2.05, 4.69) is 10.6 Å². The van der Waals surface area contributed by atoms with Crippen molar-refractivity contribution in [3.8, 4) is 11.5 Å². The van der Waals surface area contributed by atoms with E-state index in [1.165, 1.54) is 0 Å². The van der Waals surface area contributed by atoms with Crippen LogP contribution in [0.3, 0.4) is 0 Å². The van der Waals surface area contributed by atoms with Gasteiger partial charge in [0.1, 0.15) is 11.5 Å². The number of carbonyl (C=O) groups excluding carboxylic acids is 1. The van der Waals surface area contributed by atoms with Crippen molar-refractivity contribution in [3.63, 3.8) is 0 Å². The van der Waals surface area contributed by atoms with Gasteiger partial charge in [-0.2, -0.15) is 0 Å². The fourth-order valence-electron chi connectivity index (χ4n) is 3.52. The van der Waals surface area contributed by atoms with Gasteiger partial charge in [-0.25, -0.2) is 9.78 Å². The molecule has 0 aliphatic heterocycles. The number of anilines is 2. The molecule has 0 bridgehead atoms. The number of benzene rings is 3. The number of hydrogen-bond acceptors (Lipinski definition) is 6. The number of rotatable bonds is 7. The van der Waals surface area contributed by atoms with Crippen molar-refractivity contribution < 1.29 is 19.0 Å². The molecule has 32 heavy (non-hydrogen) atoms. The van der Waals surface area contributed by atoms with Crippen LogP contribution < -0.4 is 20.1 Å². The molecule has 4 aromatic rings. The van der Waals surface area contributed by atoms with Crippen LogP contribution in [0, 0.1) is 0 Å². The number of hydrogen-bond donors (Lipinski definition) is 2. The minimum atomic E-state index is -0.425. The van der Waals surface area contributed by atoms with E-state index in [1.54, 1.807) is 21.3 Å². The number of methoxy groups -OCH3 is 2. The third-order valence-corrected chi connectivity index (χ3v) is 5.24. The molecule has 1 heterocycles. The molecular weight excluding hydrogens is 406 g/mol. The Hall–Kier alpha value is -4.00. The number of aromatic nitrogens is 1. The summed E-state index contributed by atoms with van der Waals surface area (Å²) < 4.78 is 15.9. The molecule has 0 aliphatic rings. The van der Waals surface area contributed by atoms with Crippen LogP contribution in [0.25, 0.3) is 21.8 Å². The Balaban J connectivity index is 1.69. The first-order valence-electron chi connectivity index (χ1n) is 10.3. The van der Waals surface area contributed by atoms with Crippen LogP contribution in [0.5, 0.6) is 11.5 Å². The normalized spacial score (nSPS) is 10.7. The van der Waals surface area contributed by atoms with E-state index in [4.69, 9.17) is 19.2 Å². The van der Waals surface area contributed by atoms with Gasteiger partial charge in [0, 0.05) is 29.9 Å². The van der Waals surface area contributed by atoms with Crippen molar-refractivity contribution in [2.24, 2.45) is 0 Å². The summed E-state index contributed by atoms with van der Waals surface area (Å²) in [4.78, 5) is 16.0. The zero-order chi connectivity index (χ0) is 22.5. The van der Waals surface area contributed by atoms with Crippen LogP contribution >= 0.6 is 0 Å². The zero-order valence-corrected chi connectivity index (χ0v) is 18.3. The monoisotopic (exact) mass is 431 g/mol. The highest BCUT2D eigenvalue weighted by atomic mass is 16.5. The van der Waals surface area contributed by atoms with Gasteiger partial charge in [-0.15, -0.1) is 0 Å². The van der Waals surface area contributed by atoms with Gasteiger partial charge in [-0.05, 0) is 54.1 Å². The second-order valence-electron chi connectivity index (χ2n) is 7.21. The van der Waals surface area contributed by atoms with E-state index in [9.17, 15) is 4.79 Å². The van der Waals surface area contributed by atoms with Crippen molar-refractivity contribution >= 4 is 39.3 Å². The number of amides is 1. The van der Waals surface area contributed by atoms with E-state index < -0.39 is 6.09 Å². The zero-order valence-electron chi connectivity index (χ0n) is 18.3. The van der Waals surface area contributed by atoms with E-state index in [-0.39, 0.29) is 0 Å². The molecule has 7 nitrogen and oxygen atoms in total. The first kappa shape index (κ1) is 21.2. The standard InChI is InChI=1S/C25H25N3O4/c1-26-25(29)32-13-12-16-4-6-17(7-5-16)27-24-20-14-18(30-2)8-10-22(20)28-23-11-9-19(31-3)15-21(23)24/h4-11,14-15H,12-13H2,1-3H3,(H,26,29)(H,27,28). The molecule has 0 radical (unpaired) electrons. The van der Waals surface area contributed by atoms with Crippen molar-refractivity contribution in [1.82, 2.24) is 10.3 Å². The predicted octanol–water partition coefficient (Wildman–Crippen LogP) is 5.05. The fourth-order valence-corrected chi connectivity index (χ4v) is 3.52. The summed E-state index contributed by atoms with van der Waals surface area (Å²) in [6.07, 6.45) is 0.217. The van der Waals surface area contributed by atoms with Crippen LogP contribution in [0.1, 0.15) is 5.56 Å². The Kier molecular flexibility index (Phi) is 6.26. The van der Waals surface area contributed by atoms with E-state index >= 15 is 0 Å². The van der Waals surface area contributed by atoms with Gasteiger partial charge in [-0.1, -0.05) is 12.1 Å². The Morgan fingerprint density at radius 3 is 2.00 bits per heavy atom. The summed E-state index contributed by atoms with van der Waals surface area (Å²) >= 11 is 0. The molecule has 1 amide bonds. The third-order valence-electron chi connectivity index (χ3n) is 5.24. The molecule has 7 heteroatoms. The second-order valence-corrected chi connectivity index (χ2v) is 7.21. The minimum absolute atomic E-state index is 0.325. The van der Waals surface area contributed by atoms with Gasteiger partial charge in [0.2, 0.25) is 0 Å². The lowest BCUT2D eigenvalue weighted by molar-refractivity contribution is 0.150. The maximum Gasteiger partial charge on any atom is 0.406 e. The lowest BCUT2D eigenvalue weighted by Crippen LogP contribution is -2.20. The number of ether oxygens (including phenoxy) is 3. The first-order valence-corrected chi connectivity index (χ1v) is 10.3. The molecule has 1 aromatic heterocycles. The average molecular weight is 431 g/mol. The maximum absolute atomic E-state index is 11.2. The highest BCUT2D eigenvalue weighted by Crippen LogP contribution is 2.36. The number of nitrogens with zero attached hydrogens (tertiary/aromatic N) is 1. The summed E-state index contributed by atoms with van der Waals surface area (Å²) in [5, 5.41) is 7.90. The highest BCUT2D eigenvalue weighted by Gasteiger charge is 2.12. The van der Waals surface area contributed by atoms with E-state index in [0.717, 1.165) is 50.2 Å². The predicted molar refractivity (Wildman–Crippen MR) is 126 cm³/mol. The van der Waals surface area contributed by atoms with Gasteiger partial charge in [0.05, 0.1) is 37.5 Å². The van der Waals surface area contributed by atoms with Crippen molar-refractivity contribution in [3.05, 3.63) is 66.2 Å². The maximum atomic E-state index is 11.2. The van der Waals surface area contributed by atoms with Gasteiger partial charge in [0.25, 0.3) is 0 Å². The molecule has 4 rings (SSSR count). The average Bonchev–Trinajstić information content (AvgIpc) is 2.84. The quantitative estimate of drug-likeness (QED) is 0.399. The van der Waals surface area contributed by atoms with Crippen LogP contribution in [-0.2, 0) is 11.2 Å². The van der Waals surface area contributed by atoms with Crippen molar-refractivity contribution in [2.45, 2.75) is 6.42 Å². The topological polar surface area (TPSA) is 81.7 Å². The Morgan fingerprint density at radius 2 is 1.47 bits per heavy atom. The molecule has 0 aliphatic carbocycles. The number of pyridine rings is 1. The molecule has 164 valence electrons. The molecular formula is C25H25N3O4. The fraction of sp³-hybridized carbons (Fsp3) is 0.200. The largest absolute Gasteiger partial charge is 0.497 e. The molecule has 0 saturated carbocycles. The molecule has 0 spiro atoms. The smallest absolute Gasteiger partial charge is 0.406 e. The van der Waals surface area contributed by atoms with Gasteiger partial charge < -0.3 is 24.8 Å². The summed E-state index contributed by atoms with van der Waals surface area (Å²) in [5.41, 5.74) is 4.68. The number of alkyl carbamates (subject to hydrolysis) is 1. The Bertz CT molecular complexity index is 1190. The minimum Gasteiger partial charge on any atom is -0.497 e. The molecule has 0 unspecified atom stereocenters. The van der Waals surface area contributed by atoms with Gasteiger partial charge in [-0.3, -0.25) is 0 Å². The van der Waals surface area contributed by atoms with Gasteiger partial charge >= 0.3 is 6.09 Å². The highest BCUT2D eigenvalue weighted by molar-refractivity contribution is 6.09. The van der Waals surface area contributed by atoms with Gasteiger partial charge in [0.15, 0.2) is 0 Å². The van der Waals surface area contributed by atoms with Crippen LogP contribution in [0.2, 0.25) is 0 Å². The summed E-state index contributed by atoms with van der Waals surface area (Å²) in [5.74, 6) is 1.52. The van der Waals surface area contributed by atoms with Crippen LogP contribution in [-0.4, -0.2) is 39.0 Å². The van der Waals surface area contributed by atoms with Crippen molar-refractivity contribution in [1.29, 1.82) is 0 Å². The third kappa shape index (κ3) is 4.51. The molecule has 0 fully saturated rings. The lowest BCUT2D eigenvalue weighted by atomic mass is 10.1. The summed E-state index contributed by atoms with van der Waals surface area (Å²) in [7, 11) is 4.84. The van der Waals surface area contributed by atoms with E-state index in [1.807, 2.05) is 60.7 Å². The summed E-state index contributed by atoms with van der Waals surface area (Å²) in [6, 6.07) is 19.7. The van der Waals surface area contributed by atoms with Crippen molar-refractivity contribution in [2.75, 3.05) is 33.2 Å².